The van der Waals surface area contributed by atoms with Crippen LogP contribution in [0.25, 0.3) is 0 Å². The van der Waals surface area contributed by atoms with Crippen molar-refractivity contribution in [3.63, 3.8) is 0 Å². The molecule has 0 aromatic heterocycles. The molecule has 8 N–H and O–H groups in total. The minimum Gasteiger partial charge on any atom is -0.481 e. The van der Waals surface area contributed by atoms with Crippen LogP contribution in [-0.4, -0.2) is 77.4 Å². The first-order valence-electron chi connectivity index (χ1n) is 17.1. The number of carboxylic acids is 1. The van der Waals surface area contributed by atoms with E-state index in [1.165, 1.54) is 0 Å². The van der Waals surface area contributed by atoms with Crippen LogP contribution >= 0.6 is 0 Å². The molecule has 47 heavy (non-hydrogen) atoms. The second-order valence-corrected chi connectivity index (χ2v) is 14.6. The molecule has 0 saturated heterocycles. The highest BCUT2D eigenvalue weighted by molar-refractivity contribution is 5.83. The quantitative estimate of drug-likeness (QED) is 0.0858. The van der Waals surface area contributed by atoms with Gasteiger partial charge in [-0.15, -0.1) is 0 Å². The van der Waals surface area contributed by atoms with E-state index in [2.05, 4.69) is 26.6 Å². The molecule has 6 atom stereocenters. The number of hydrogen-bond acceptors (Lipinski definition) is 7. The second kappa shape index (κ2) is 22.4. The molecule has 13 heteroatoms. The molecule has 0 rings (SSSR count). The molecule has 5 amide bonds. The van der Waals surface area contributed by atoms with E-state index in [9.17, 15) is 28.8 Å². The van der Waals surface area contributed by atoms with Crippen LogP contribution in [0.4, 0.5) is 0 Å². The Morgan fingerprint density at radius 1 is 0.574 bits per heavy atom. The summed E-state index contributed by atoms with van der Waals surface area (Å²) >= 11 is 0. The van der Waals surface area contributed by atoms with E-state index in [1.807, 2.05) is 55.4 Å². The molecule has 0 aliphatic heterocycles. The van der Waals surface area contributed by atoms with Gasteiger partial charge in [0, 0.05) is 62.4 Å². The van der Waals surface area contributed by atoms with E-state index >= 15 is 0 Å². The molecule has 0 unspecified atom stereocenters. The summed E-state index contributed by atoms with van der Waals surface area (Å²) in [4.78, 5) is 74.8. The highest BCUT2D eigenvalue weighted by Crippen LogP contribution is 2.13. The normalized spacial score (nSPS) is 15.4. The molecule has 0 saturated carbocycles. The lowest BCUT2D eigenvalue weighted by molar-refractivity contribution is -0.138. The fraction of sp³-hybridized carbons (Fsp3) is 0.824. The first-order valence-corrected chi connectivity index (χ1v) is 17.1. The summed E-state index contributed by atoms with van der Waals surface area (Å²) in [7, 11) is 0. The molecule has 272 valence electrons. The Morgan fingerprint density at radius 3 is 1.57 bits per heavy atom. The lowest BCUT2D eigenvalue weighted by Gasteiger charge is -2.26. The first kappa shape index (κ1) is 43.8. The lowest BCUT2D eigenvalue weighted by atomic mass is 9.97. The van der Waals surface area contributed by atoms with Crippen molar-refractivity contribution >= 4 is 35.5 Å². The number of amides is 5. The molecule has 0 spiro atoms. The zero-order valence-corrected chi connectivity index (χ0v) is 30.4. The highest BCUT2D eigenvalue weighted by atomic mass is 16.4. The molecule has 0 bridgehead atoms. The molecular weight excluding hydrogens is 604 g/mol. The maximum Gasteiger partial charge on any atom is 0.305 e. The number of hydrogen-bond donors (Lipinski definition) is 7. The summed E-state index contributed by atoms with van der Waals surface area (Å²) in [5, 5.41) is 23.4. The van der Waals surface area contributed by atoms with Crippen molar-refractivity contribution in [1.29, 1.82) is 0 Å². The Kier molecular flexibility index (Phi) is 20.8. The highest BCUT2D eigenvalue weighted by Gasteiger charge is 2.26. The smallest absolute Gasteiger partial charge is 0.305 e. The number of aliphatic carboxylic acids is 1. The molecule has 0 aliphatic rings. The Bertz CT molecular complexity index is 1020. The average Bonchev–Trinajstić information content (AvgIpc) is 2.89. The molecule has 0 fully saturated rings. The Labute approximate surface area is 282 Å². The van der Waals surface area contributed by atoms with E-state index in [4.69, 9.17) is 10.8 Å². The van der Waals surface area contributed by atoms with Gasteiger partial charge in [0.1, 0.15) is 0 Å². The minimum absolute atomic E-state index is 0.00274. The number of carboxylic acid groups (broad SMARTS) is 1. The van der Waals surface area contributed by atoms with Gasteiger partial charge in [0.15, 0.2) is 0 Å². The fourth-order valence-corrected chi connectivity index (χ4v) is 5.05. The number of carbonyl (C=O) groups excluding carboxylic acids is 5. The molecule has 0 aromatic carbocycles. The van der Waals surface area contributed by atoms with Crippen LogP contribution in [0.15, 0.2) is 0 Å². The summed E-state index contributed by atoms with van der Waals surface area (Å²) in [5.74, 6) is -2.45. The Hall–Kier alpha value is -3.22. The summed E-state index contributed by atoms with van der Waals surface area (Å²) in [6.45, 7) is 19.1. The van der Waals surface area contributed by atoms with Crippen LogP contribution < -0.4 is 32.3 Å². The van der Waals surface area contributed by atoms with Gasteiger partial charge in [-0.2, -0.15) is 0 Å². The van der Waals surface area contributed by atoms with Gasteiger partial charge in [0.25, 0.3) is 0 Å². The molecule has 0 radical (unpaired) electrons. The number of rotatable bonds is 23. The average molecular weight is 669 g/mol. The fourth-order valence-electron chi connectivity index (χ4n) is 5.05. The van der Waals surface area contributed by atoms with Crippen LogP contribution in [0.2, 0.25) is 0 Å². The summed E-state index contributed by atoms with van der Waals surface area (Å²) < 4.78 is 0. The van der Waals surface area contributed by atoms with Crippen molar-refractivity contribution in [1.82, 2.24) is 26.6 Å². The van der Waals surface area contributed by atoms with Crippen molar-refractivity contribution in [3.05, 3.63) is 0 Å². The van der Waals surface area contributed by atoms with E-state index in [1.54, 1.807) is 13.8 Å². The predicted molar refractivity (Wildman–Crippen MR) is 183 cm³/mol. The van der Waals surface area contributed by atoms with E-state index in [-0.39, 0.29) is 97.9 Å². The number of nitrogens with two attached hydrogens (primary N) is 1. The lowest BCUT2D eigenvalue weighted by Crippen LogP contribution is -2.48. The van der Waals surface area contributed by atoms with Crippen LogP contribution in [0.1, 0.15) is 114 Å². The maximum atomic E-state index is 13.1. The SMILES string of the molecule is CC(C)C[C@@H](CC(=O)O)NC(=O)C[C@H](C)NC(=O)C[C@@H](NC(=O)C[C@H](CC(C)C)NC(=O)[C@@H](C)CNC(=O)C[C@@H](N)C(C)C)C(C)C. The van der Waals surface area contributed by atoms with Crippen LogP contribution in [0.5, 0.6) is 0 Å². The summed E-state index contributed by atoms with van der Waals surface area (Å²) in [5.41, 5.74) is 5.97. The standard InChI is InChI=1S/C34H64N6O7/c1-19(2)11-25(39-34(47)23(9)18-36-29(41)16-27(35)21(5)6)14-31(43)40-28(22(7)8)17-32(44)37-24(10)13-30(42)38-26(12-20(3)4)15-33(45)46/h19-28H,11-18,35H2,1-10H3,(H,36,41)(H,37,44)(H,38,42)(H,39,47)(H,40,43)(H,45,46)/t23-,24-,25-,26-,27+,28+/m0/s1. The number of carbonyl (C=O) groups is 6. The van der Waals surface area contributed by atoms with Gasteiger partial charge in [-0.25, -0.2) is 0 Å². The van der Waals surface area contributed by atoms with E-state index in [0.29, 0.717) is 12.8 Å². The first-order chi connectivity index (χ1) is 21.7. The maximum absolute atomic E-state index is 13.1. The van der Waals surface area contributed by atoms with Crippen molar-refractivity contribution in [2.75, 3.05) is 6.54 Å². The van der Waals surface area contributed by atoms with Crippen LogP contribution in [0, 0.1) is 29.6 Å². The van der Waals surface area contributed by atoms with Gasteiger partial charge < -0.3 is 37.4 Å². The van der Waals surface area contributed by atoms with Gasteiger partial charge in [-0.3, -0.25) is 28.8 Å². The minimum atomic E-state index is -0.990. The van der Waals surface area contributed by atoms with Crippen molar-refractivity contribution < 1.29 is 33.9 Å². The zero-order valence-electron chi connectivity index (χ0n) is 30.4. The topological polar surface area (TPSA) is 209 Å². The molecule has 0 aromatic rings. The predicted octanol–water partition coefficient (Wildman–Crippen LogP) is 2.46. The van der Waals surface area contributed by atoms with Crippen LogP contribution in [0.3, 0.4) is 0 Å². The molecule has 13 nitrogen and oxygen atoms in total. The summed E-state index contributed by atoms with van der Waals surface area (Å²) in [6.07, 6.45) is 1.12. The molecule has 0 aliphatic carbocycles. The largest absolute Gasteiger partial charge is 0.481 e. The van der Waals surface area contributed by atoms with E-state index in [0.717, 1.165) is 0 Å². The third-order valence-corrected chi connectivity index (χ3v) is 7.86. The van der Waals surface area contributed by atoms with Gasteiger partial charge in [-0.05, 0) is 43.4 Å². The Balaban J connectivity index is 5.07. The second-order valence-electron chi connectivity index (χ2n) is 14.6. The van der Waals surface area contributed by atoms with Gasteiger partial charge in [0.05, 0.1) is 12.3 Å². The van der Waals surface area contributed by atoms with Gasteiger partial charge in [0.2, 0.25) is 29.5 Å². The van der Waals surface area contributed by atoms with Crippen molar-refractivity contribution in [2.24, 2.45) is 35.3 Å². The van der Waals surface area contributed by atoms with Gasteiger partial charge in [-0.1, -0.05) is 62.3 Å². The molecule has 0 heterocycles. The van der Waals surface area contributed by atoms with Gasteiger partial charge >= 0.3 is 5.97 Å². The van der Waals surface area contributed by atoms with E-state index < -0.39 is 36.1 Å². The number of nitrogens with one attached hydrogen (secondary N) is 5. The summed E-state index contributed by atoms with van der Waals surface area (Å²) in [6, 6.07) is -2.16. The third-order valence-electron chi connectivity index (χ3n) is 7.86. The van der Waals surface area contributed by atoms with Crippen molar-refractivity contribution in [3.8, 4) is 0 Å². The van der Waals surface area contributed by atoms with Crippen LogP contribution in [-0.2, 0) is 28.8 Å². The Morgan fingerprint density at radius 2 is 1.09 bits per heavy atom. The van der Waals surface area contributed by atoms with Crippen molar-refractivity contribution in [2.45, 2.75) is 144 Å². The molecular formula is C34H64N6O7. The third kappa shape index (κ3) is 21.3. The monoisotopic (exact) mass is 668 g/mol. The zero-order chi connectivity index (χ0) is 36.4.